The molecule has 0 aliphatic rings. The number of nitrogens with two attached hydrogens (primary N) is 1. The average molecular weight is 347 g/mol. The van der Waals surface area contributed by atoms with E-state index in [1.807, 2.05) is 6.92 Å². The minimum Gasteiger partial charge on any atom is -0.480 e. The van der Waals surface area contributed by atoms with E-state index in [4.69, 9.17) is 20.0 Å². The Kier molecular flexibility index (Phi) is 4.42. The molecule has 10 heteroatoms. The van der Waals surface area contributed by atoms with Crippen molar-refractivity contribution in [2.75, 3.05) is 12.3 Å². The van der Waals surface area contributed by atoms with Gasteiger partial charge in [-0.3, -0.25) is 4.57 Å². The highest BCUT2D eigenvalue weighted by Gasteiger charge is 2.19. The van der Waals surface area contributed by atoms with E-state index in [0.717, 1.165) is 12.8 Å². The molecule has 4 N–H and O–H groups in total. The molecule has 132 valence electrons. The molecule has 0 aromatic carbocycles. The van der Waals surface area contributed by atoms with E-state index < -0.39 is 5.97 Å². The molecule has 0 amide bonds. The minimum atomic E-state index is -1.18. The van der Waals surface area contributed by atoms with Gasteiger partial charge < -0.3 is 25.1 Å². The van der Waals surface area contributed by atoms with Gasteiger partial charge in [0, 0.05) is 0 Å². The lowest BCUT2D eigenvalue weighted by Crippen LogP contribution is -2.06. The summed E-state index contributed by atoms with van der Waals surface area (Å²) in [5.41, 5.74) is 6.36. The zero-order valence-electron chi connectivity index (χ0n) is 13.5. The largest absolute Gasteiger partial charge is 0.480 e. The lowest BCUT2D eigenvalue weighted by molar-refractivity contribution is 0.0660. The van der Waals surface area contributed by atoms with E-state index in [1.165, 1.54) is 16.7 Å². The maximum absolute atomic E-state index is 10.9. The summed E-state index contributed by atoms with van der Waals surface area (Å²) in [5.74, 6) is -0.977. The van der Waals surface area contributed by atoms with Gasteiger partial charge >= 0.3 is 12.0 Å². The second-order valence-corrected chi connectivity index (χ2v) is 5.33. The van der Waals surface area contributed by atoms with Gasteiger partial charge in [0.2, 0.25) is 5.76 Å². The van der Waals surface area contributed by atoms with Crippen molar-refractivity contribution in [1.82, 2.24) is 19.5 Å². The number of rotatable bonds is 7. The summed E-state index contributed by atoms with van der Waals surface area (Å²) in [6.45, 7) is 2.51. The first-order valence-corrected chi connectivity index (χ1v) is 7.67. The zero-order chi connectivity index (χ0) is 18.0. The third-order valence-corrected chi connectivity index (χ3v) is 3.50. The van der Waals surface area contributed by atoms with Crippen molar-refractivity contribution in [2.24, 2.45) is 0 Å². The molecule has 3 rings (SSSR count). The van der Waals surface area contributed by atoms with Gasteiger partial charge in [-0.05, 0) is 18.6 Å². The van der Waals surface area contributed by atoms with E-state index >= 15 is 0 Å². The van der Waals surface area contributed by atoms with Crippen LogP contribution in [0, 0.1) is 0 Å². The van der Waals surface area contributed by atoms with E-state index in [9.17, 15) is 9.90 Å². The van der Waals surface area contributed by atoms with Crippen LogP contribution >= 0.6 is 0 Å². The summed E-state index contributed by atoms with van der Waals surface area (Å²) in [4.78, 5) is 23.1. The monoisotopic (exact) mass is 347 g/mol. The number of imidazole rings is 1. The summed E-state index contributed by atoms with van der Waals surface area (Å²) >= 11 is 0. The molecule has 0 saturated heterocycles. The second-order valence-electron chi connectivity index (χ2n) is 5.33. The van der Waals surface area contributed by atoms with Crippen molar-refractivity contribution in [3.63, 3.8) is 0 Å². The molecule has 0 radical (unpaired) electrons. The smallest absolute Gasteiger partial charge is 0.371 e. The van der Waals surface area contributed by atoms with Crippen molar-refractivity contribution in [3.8, 4) is 12.0 Å². The standard InChI is InChI=1S/C15H17N5O5/c1-2-3-6-24-14-18-11(16)10-12(19-14)20(15(23)17-10)7-8-4-5-9(25-8)13(21)22/h4-5H,2-3,6-7H2,1H3,(H,17,23)(H,21,22)(H2,16,18,19). The van der Waals surface area contributed by atoms with Crippen LogP contribution in [0.1, 0.15) is 36.1 Å². The van der Waals surface area contributed by atoms with Crippen LogP contribution < -0.4 is 10.5 Å². The number of ether oxygens (including phenoxy) is 1. The molecular weight excluding hydrogens is 330 g/mol. The maximum atomic E-state index is 10.9. The third-order valence-electron chi connectivity index (χ3n) is 3.50. The Morgan fingerprint density at radius 1 is 1.36 bits per heavy atom. The molecule has 3 aromatic heterocycles. The molecule has 0 aliphatic carbocycles. The highest BCUT2D eigenvalue weighted by molar-refractivity contribution is 5.84. The van der Waals surface area contributed by atoms with E-state index in [-0.39, 0.29) is 41.3 Å². The molecule has 25 heavy (non-hydrogen) atoms. The predicted octanol–water partition coefficient (Wildman–Crippen LogP) is 1.63. The van der Waals surface area contributed by atoms with Gasteiger partial charge in [-0.1, -0.05) is 13.3 Å². The van der Waals surface area contributed by atoms with Crippen molar-refractivity contribution in [2.45, 2.75) is 26.3 Å². The van der Waals surface area contributed by atoms with Crippen molar-refractivity contribution >= 4 is 23.0 Å². The van der Waals surface area contributed by atoms with Gasteiger partial charge in [-0.25, -0.2) is 4.79 Å². The highest BCUT2D eigenvalue weighted by atomic mass is 16.5. The summed E-state index contributed by atoms with van der Waals surface area (Å²) in [5, 5.41) is 19.0. The molecule has 0 bridgehead atoms. The molecule has 3 heterocycles. The summed E-state index contributed by atoms with van der Waals surface area (Å²) in [7, 11) is 0. The number of fused-ring (bicyclic) bond motifs is 1. The van der Waals surface area contributed by atoms with Crippen LogP contribution in [0.5, 0.6) is 12.0 Å². The number of nitrogen functional groups attached to an aromatic ring is 1. The van der Waals surface area contributed by atoms with Crippen molar-refractivity contribution in [1.29, 1.82) is 0 Å². The number of furan rings is 1. The molecule has 0 aliphatic heterocycles. The van der Waals surface area contributed by atoms with Crippen molar-refractivity contribution in [3.05, 3.63) is 23.7 Å². The Morgan fingerprint density at radius 2 is 2.16 bits per heavy atom. The number of unbranched alkanes of at least 4 members (excludes halogenated alkanes) is 1. The van der Waals surface area contributed by atoms with Crippen LogP contribution in [0.2, 0.25) is 0 Å². The van der Waals surface area contributed by atoms with E-state index in [0.29, 0.717) is 12.4 Å². The van der Waals surface area contributed by atoms with Crippen molar-refractivity contribution < 1.29 is 24.2 Å². The Bertz CT molecular complexity index is 917. The first-order chi connectivity index (χ1) is 12.0. The van der Waals surface area contributed by atoms with Crippen LogP contribution in [-0.4, -0.2) is 42.3 Å². The fourth-order valence-electron chi connectivity index (χ4n) is 2.24. The number of carbonyl (C=O) groups is 1. The Labute approximate surface area is 141 Å². The highest BCUT2D eigenvalue weighted by Crippen LogP contribution is 2.26. The Balaban J connectivity index is 1.95. The van der Waals surface area contributed by atoms with Gasteiger partial charge in [-0.15, -0.1) is 0 Å². The van der Waals surface area contributed by atoms with Crippen LogP contribution in [0.15, 0.2) is 16.5 Å². The van der Waals surface area contributed by atoms with Crippen LogP contribution in [0.4, 0.5) is 5.82 Å². The molecular formula is C15H17N5O5. The second kappa shape index (κ2) is 6.67. The van der Waals surface area contributed by atoms with Crippen LogP contribution in [0.3, 0.4) is 0 Å². The SMILES string of the molecule is CCCCOc1nc(N)c2nc(O)n(Cc3ccc(C(=O)O)o3)c2n1. The lowest BCUT2D eigenvalue weighted by Gasteiger charge is -2.06. The number of hydrogen-bond acceptors (Lipinski definition) is 8. The quantitative estimate of drug-likeness (QED) is 0.542. The number of nitrogens with zero attached hydrogens (tertiary/aromatic N) is 4. The molecule has 0 unspecified atom stereocenters. The molecule has 0 atom stereocenters. The number of hydrogen-bond donors (Lipinski definition) is 3. The molecule has 3 aromatic rings. The normalized spacial score (nSPS) is 11.1. The maximum Gasteiger partial charge on any atom is 0.371 e. The molecule has 0 spiro atoms. The fourth-order valence-corrected chi connectivity index (χ4v) is 2.24. The van der Waals surface area contributed by atoms with E-state index in [2.05, 4.69) is 15.0 Å². The number of carboxylic acids is 1. The number of aromatic hydroxyl groups is 1. The third kappa shape index (κ3) is 3.32. The minimum absolute atomic E-state index is 0.0282. The number of aromatic nitrogens is 4. The average Bonchev–Trinajstić information content (AvgIpc) is 3.15. The first-order valence-electron chi connectivity index (χ1n) is 7.67. The van der Waals surface area contributed by atoms with Gasteiger partial charge in [0.05, 0.1) is 13.2 Å². The number of carboxylic acid groups (broad SMARTS) is 1. The van der Waals surface area contributed by atoms with Gasteiger partial charge in [0.15, 0.2) is 17.0 Å². The predicted molar refractivity (Wildman–Crippen MR) is 86.6 cm³/mol. The Morgan fingerprint density at radius 3 is 2.84 bits per heavy atom. The number of aromatic carboxylic acids is 1. The first kappa shape index (κ1) is 16.6. The fraction of sp³-hybridized carbons (Fsp3) is 0.333. The summed E-state index contributed by atoms with van der Waals surface area (Å²) < 4.78 is 12.0. The van der Waals surface area contributed by atoms with E-state index in [1.54, 1.807) is 0 Å². The zero-order valence-corrected chi connectivity index (χ0v) is 13.5. The lowest BCUT2D eigenvalue weighted by atomic mass is 10.4. The van der Waals surface area contributed by atoms with Gasteiger partial charge in [-0.2, -0.15) is 15.0 Å². The molecule has 0 fully saturated rings. The summed E-state index contributed by atoms with van der Waals surface area (Å²) in [6.07, 6.45) is 1.80. The number of anilines is 1. The topological polar surface area (TPSA) is 150 Å². The Hall–Kier alpha value is -3.30. The van der Waals surface area contributed by atoms with Crippen LogP contribution in [0.25, 0.3) is 11.2 Å². The van der Waals surface area contributed by atoms with Crippen LogP contribution in [-0.2, 0) is 6.54 Å². The van der Waals surface area contributed by atoms with Gasteiger partial charge in [0.25, 0.3) is 6.01 Å². The van der Waals surface area contributed by atoms with Gasteiger partial charge in [0.1, 0.15) is 5.76 Å². The molecule has 10 nitrogen and oxygen atoms in total. The summed E-state index contributed by atoms with van der Waals surface area (Å²) in [6, 6.07) is 2.58. The molecule has 0 saturated carbocycles.